The molecule has 1 fully saturated rings. The van der Waals surface area contributed by atoms with Gasteiger partial charge < -0.3 is 10.1 Å². The summed E-state index contributed by atoms with van der Waals surface area (Å²) in [5.41, 5.74) is 0.875. The van der Waals surface area contributed by atoms with Crippen molar-refractivity contribution in [1.82, 2.24) is 0 Å². The number of hydrogen-bond donors (Lipinski definition) is 1. The van der Waals surface area contributed by atoms with Crippen molar-refractivity contribution in [3.8, 4) is 5.75 Å². The van der Waals surface area contributed by atoms with Gasteiger partial charge in [0.25, 0.3) is 0 Å². The second kappa shape index (κ2) is 5.71. The fraction of sp³-hybridized carbons (Fsp3) is 0.538. The van der Waals surface area contributed by atoms with Crippen LogP contribution in [0.25, 0.3) is 0 Å². The molecular formula is C13H18BrNO3S. The number of halogens is 1. The molecule has 1 aliphatic carbocycles. The summed E-state index contributed by atoms with van der Waals surface area (Å²) in [4.78, 5) is 0. The van der Waals surface area contributed by atoms with Gasteiger partial charge in [0.2, 0.25) is 0 Å². The number of methoxy groups -OCH3 is 1. The van der Waals surface area contributed by atoms with Crippen molar-refractivity contribution in [3.05, 3.63) is 22.7 Å². The lowest BCUT2D eigenvalue weighted by Gasteiger charge is -2.21. The largest absolute Gasteiger partial charge is 0.497 e. The van der Waals surface area contributed by atoms with Crippen molar-refractivity contribution in [1.29, 1.82) is 0 Å². The van der Waals surface area contributed by atoms with E-state index in [0.29, 0.717) is 0 Å². The molecule has 1 saturated carbocycles. The zero-order chi connectivity index (χ0) is 14.0. The van der Waals surface area contributed by atoms with Crippen molar-refractivity contribution in [2.75, 3.05) is 18.7 Å². The van der Waals surface area contributed by atoms with E-state index in [-0.39, 0.29) is 11.3 Å². The molecule has 6 heteroatoms. The van der Waals surface area contributed by atoms with E-state index < -0.39 is 9.84 Å². The lowest BCUT2D eigenvalue weighted by molar-refractivity contribution is 0.415. The summed E-state index contributed by atoms with van der Waals surface area (Å²) in [7, 11) is -1.40. The fourth-order valence-corrected chi connectivity index (χ4v) is 4.30. The summed E-state index contributed by atoms with van der Waals surface area (Å²) in [6.07, 6.45) is 3.87. The summed E-state index contributed by atoms with van der Waals surface area (Å²) in [6.45, 7) is 0. The molecule has 0 bridgehead atoms. The van der Waals surface area contributed by atoms with E-state index in [9.17, 15) is 8.42 Å². The maximum absolute atomic E-state index is 11.8. The smallest absolute Gasteiger partial charge is 0.152 e. The molecule has 2 unspecified atom stereocenters. The third kappa shape index (κ3) is 3.42. The predicted octanol–water partition coefficient (Wildman–Crippen LogP) is 2.84. The van der Waals surface area contributed by atoms with Gasteiger partial charge in [-0.25, -0.2) is 8.42 Å². The fourth-order valence-electron chi connectivity index (χ4n) is 2.55. The highest BCUT2D eigenvalue weighted by Crippen LogP contribution is 2.32. The minimum Gasteiger partial charge on any atom is -0.497 e. The van der Waals surface area contributed by atoms with Crippen LogP contribution in [-0.2, 0) is 9.84 Å². The summed E-state index contributed by atoms with van der Waals surface area (Å²) in [5.74, 6) is 0.750. The van der Waals surface area contributed by atoms with Crippen LogP contribution in [0.1, 0.15) is 19.3 Å². The van der Waals surface area contributed by atoms with E-state index in [1.165, 1.54) is 6.26 Å². The van der Waals surface area contributed by atoms with Gasteiger partial charge in [-0.2, -0.15) is 0 Å². The standard InChI is InChI=1S/C13H18BrNO3S/c1-18-9-6-7-10(14)12(8-9)15-11-4-3-5-13(11)19(2,16)17/h6-8,11,13,15H,3-5H2,1-2H3. The van der Waals surface area contributed by atoms with Gasteiger partial charge in [0.05, 0.1) is 18.0 Å². The number of ether oxygens (including phenoxy) is 1. The molecule has 106 valence electrons. The van der Waals surface area contributed by atoms with Crippen molar-refractivity contribution >= 4 is 31.5 Å². The quantitative estimate of drug-likeness (QED) is 0.909. The van der Waals surface area contributed by atoms with E-state index in [4.69, 9.17) is 4.74 Å². The Morgan fingerprint density at radius 2 is 2.11 bits per heavy atom. The Bertz CT molecular complexity index is 559. The first-order valence-electron chi connectivity index (χ1n) is 6.21. The molecule has 0 spiro atoms. The van der Waals surface area contributed by atoms with E-state index >= 15 is 0 Å². The van der Waals surface area contributed by atoms with Crippen LogP contribution in [0.4, 0.5) is 5.69 Å². The molecule has 19 heavy (non-hydrogen) atoms. The number of anilines is 1. The van der Waals surface area contributed by atoms with Gasteiger partial charge in [-0.15, -0.1) is 0 Å². The summed E-state index contributed by atoms with van der Waals surface area (Å²) < 4.78 is 29.6. The van der Waals surface area contributed by atoms with Gasteiger partial charge in [-0.3, -0.25) is 0 Å². The molecule has 0 saturated heterocycles. The number of sulfone groups is 1. The molecule has 0 heterocycles. The molecular weight excluding hydrogens is 330 g/mol. The minimum absolute atomic E-state index is 0.0293. The molecule has 4 nitrogen and oxygen atoms in total. The first-order valence-corrected chi connectivity index (χ1v) is 8.95. The monoisotopic (exact) mass is 347 g/mol. The zero-order valence-electron chi connectivity index (χ0n) is 11.0. The molecule has 0 amide bonds. The second-order valence-corrected chi connectivity index (χ2v) is 8.01. The van der Waals surface area contributed by atoms with Gasteiger partial charge in [0.1, 0.15) is 5.75 Å². The average molecular weight is 348 g/mol. The predicted molar refractivity (Wildman–Crippen MR) is 80.6 cm³/mol. The van der Waals surface area contributed by atoms with Crippen LogP contribution in [0.15, 0.2) is 22.7 Å². The molecule has 2 rings (SSSR count). The number of rotatable bonds is 4. The van der Waals surface area contributed by atoms with Crippen molar-refractivity contribution in [3.63, 3.8) is 0 Å². The number of nitrogens with one attached hydrogen (secondary N) is 1. The van der Waals surface area contributed by atoms with Crippen LogP contribution in [0.2, 0.25) is 0 Å². The maximum Gasteiger partial charge on any atom is 0.152 e. The summed E-state index contributed by atoms with van der Waals surface area (Å²) >= 11 is 3.47. The Balaban J connectivity index is 2.21. The van der Waals surface area contributed by atoms with Gasteiger partial charge in [0, 0.05) is 22.8 Å². The lowest BCUT2D eigenvalue weighted by Crippen LogP contribution is -2.34. The first-order chi connectivity index (χ1) is 8.91. The van der Waals surface area contributed by atoms with Gasteiger partial charge in [-0.1, -0.05) is 0 Å². The normalized spacial score (nSPS) is 23.3. The highest BCUT2D eigenvalue weighted by molar-refractivity contribution is 9.10. The van der Waals surface area contributed by atoms with Crippen molar-refractivity contribution in [2.45, 2.75) is 30.6 Å². The van der Waals surface area contributed by atoms with Crippen LogP contribution < -0.4 is 10.1 Å². The van der Waals surface area contributed by atoms with Crippen LogP contribution in [-0.4, -0.2) is 33.1 Å². The van der Waals surface area contributed by atoms with Crippen LogP contribution >= 0.6 is 15.9 Å². The Morgan fingerprint density at radius 1 is 1.37 bits per heavy atom. The summed E-state index contributed by atoms with van der Waals surface area (Å²) in [6, 6.07) is 5.60. The third-order valence-electron chi connectivity index (χ3n) is 3.52. The van der Waals surface area contributed by atoms with Crippen LogP contribution in [0.5, 0.6) is 5.75 Å². The molecule has 0 radical (unpaired) electrons. The molecule has 1 aromatic carbocycles. The molecule has 0 aromatic heterocycles. The topological polar surface area (TPSA) is 55.4 Å². The molecule has 1 aromatic rings. The second-order valence-electron chi connectivity index (χ2n) is 4.90. The maximum atomic E-state index is 11.8. The Hall–Kier alpha value is -0.750. The van der Waals surface area contributed by atoms with Crippen molar-refractivity contribution < 1.29 is 13.2 Å². The molecule has 1 aliphatic rings. The van der Waals surface area contributed by atoms with E-state index in [0.717, 1.165) is 35.2 Å². The SMILES string of the molecule is COc1ccc(Br)c(NC2CCCC2S(C)(=O)=O)c1. The van der Waals surface area contributed by atoms with E-state index in [1.807, 2.05) is 18.2 Å². The van der Waals surface area contributed by atoms with Gasteiger partial charge >= 0.3 is 0 Å². The van der Waals surface area contributed by atoms with Gasteiger partial charge in [0.15, 0.2) is 9.84 Å². The Kier molecular flexibility index (Phi) is 4.40. The van der Waals surface area contributed by atoms with E-state index in [2.05, 4.69) is 21.2 Å². The molecule has 2 atom stereocenters. The average Bonchev–Trinajstić information content (AvgIpc) is 2.80. The Morgan fingerprint density at radius 3 is 2.74 bits per heavy atom. The minimum atomic E-state index is -3.01. The zero-order valence-corrected chi connectivity index (χ0v) is 13.4. The molecule has 1 N–H and O–H groups in total. The van der Waals surface area contributed by atoms with Crippen molar-refractivity contribution in [2.24, 2.45) is 0 Å². The Labute approximate surface area is 122 Å². The highest BCUT2D eigenvalue weighted by atomic mass is 79.9. The van der Waals surface area contributed by atoms with Crippen LogP contribution in [0, 0.1) is 0 Å². The first kappa shape index (κ1) is 14.7. The lowest BCUT2D eigenvalue weighted by atomic mass is 10.2. The van der Waals surface area contributed by atoms with E-state index in [1.54, 1.807) is 7.11 Å². The molecule has 0 aliphatic heterocycles. The summed E-state index contributed by atoms with van der Waals surface area (Å²) in [5, 5.41) is 3.03. The third-order valence-corrected chi connectivity index (χ3v) is 5.87. The number of hydrogen-bond acceptors (Lipinski definition) is 4. The highest BCUT2D eigenvalue weighted by Gasteiger charge is 2.34. The van der Waals surface area contributed by atoms with Gasteiger partial charge in [-0.05, 0) is 47.3 Å². The number of benzene rings is 1. The van der Waals surface area contributed by atoms with Crippen LogP contribution in [0.3, 0.4) is 0 Å².